The Morgan fingerprint density at radius 2 is 1.92 bits per heavy atom. The van der Waals surface area contributed by atoms with Crippen molar-refractivity contribution in [3.63, 3.8) is 0 Å². The van der Waals surface area contributed by atoms with Gasteiger partial charge in [0.1, 0.15) is 0 Å². The van der Waals surface area contributed by atoms with E-state index in [1.165, 1.54) is 28.0 Å². The Balaban J connectivity index is 1.89. The molecule has 12 heavy (non-hydrogen) atoms. The minimum absolute atomic E-state index is 1.01. The Hall–Kier alpha value is 0.0500. The van der Waals surface area contributed by atoms with Crippen molar-refractivity contribution in [3.05, 3.63) is 28.7 Å². The smallest absolute Gasteiger partial charge is 0.0176 e. The molecule has 1 fully saturated rings. The molecule has 0 nitrogen and oxygen atoms in total. The van der Waals surface area contributed by atoms with E-state index in [4.69, 9.17) is 0 Å². The molecule has 0 amide bonds. The van der Waals surface area contributed by atoms with Gasteiger partial charge in [-0.1, -0.05) is 15.9 Å². The van der Waals surface area contributed by atoms with Gasteiger partial charge >= 0.3 is 0 Å². The summed E-state index contributed by atoms with van der Waals surface area (Å²) in [6.07, 6.45) is 2.90. The lowest BCUT2D eigenvalue weighted by atomic mass is 10.4. The summed E-state index contributed by atoms with van der Waals surface area (Å²) < 4.78 is 1.17. The van der Waals surface area contributed by atoms with Crippen LogP contribution in [0.3, 0.4) is 0 Å². The summed E-state index contributed by atoms with van der Waals surface area (Å²) >= 11 is 5.41. The molecule has 1 aliphatic rings. The molecule has 64 valence electrons. The Labute approximate surface area is 85.9 Å². The fourth-order valence-corrected chi connectivity index (χ4v) is 2.38. The highest BCUT2D eigenvalue weighted by Crippen LogP contribution is 2.35. The molecule has 0 heterocycles. The van der Waals surface area contributed by atoms with E-state index in [9.17, 15) is 0 Å². The second-order valence-electron chi connectivity index (χ2n) is 3.21. The zero-order valence-corrected chi connectivity index (χ0v) is 9.20. The normalized spacial score (nSPS) is 16.4. The lowest BCUT2D eigenvalue weighted by Crippen LogP contribution is -1.79. The topological polar surface area (TPSA) is 0 Å². The molecule has 0 atom stereocenters. The van der Waals surface area contributed by atoms with Crippen molar-refractivity contribution in [3.8, 4) is 0 Å². The third-order valence-corrected chi connectivity index (χ3v) is 3.77. The van der Waals surface area contributed by atoms with Gasteiger partial charge in [0.15, 0.2) is 0 Å². The van der Waals surface area contributed by atoms with Gasteiger partial charge in [-0.3, -0.25) is 0 Å². The van der Waals surface area contributed by atoms with Crippen LogP contribution < -0.4 is 0 Å². The Kier molecular flexibility index (Phi) is 2.76. The SMILES string of the molecule is Brc1ccc(SCC2CC2)cc1. The molecule has 1 aromatic carbocycles. The van der Waals surface area contributed by atoms with Crippen LogP contribution in [0.1, 0.15) is 12.8 Å². The highest BCUT2D eigenvalue weighted by molar-refractivity contribution is 9.10. The Morgan fingerprint density at radius 3 is 2.50 bits per heavy atom. The zero-order valence-electron chi connectivity index (χ0n) is 6.79. The first-order valence-electron chi connectivity index (χ1n) is 4.23. The predicted octanol–water partition coefficient (Wildman–Crippen LogP) is 3.95. The fourth-order valence-electron chi connectivity index (χ4n) is 1.03. The maximum Gasteiger partial charge on any atom is 0.0176 e. The molecule has 1 saturated carbocycles. The van der Waals surface area contributed by atoms with E-state index in [-0.39, 0.29) is 0 Å². The molecule has 2 rings (SSSR count). The van der Waals surface area contributed by atoms with Crippen molar-refractivity contribution in [2.75, 3.05) is 5.75 Å². The lowest BCUT2D eigenvalue weighted by Gasteiger charge is -1.99. The van der Waals surface area contributed by atoms with Gasteiger partial charge in [0.05, 0.1) is 0 Å². The van der Waals surface area contributed by atoms with Crippen molar-refractivity contribution in [2.24, 2.45) is 5.92 Å². The molecule has 2 heteroatoms. The number of hydrogen-bond donors (Lipinski definition) is 0. The van der Waals surface area contributed by atoms with Gasteiger partial charge in [-0.05, 0) is 43.0 Å². The number of halogens is 1. The molecule has 1 aromatic rings. The average Bonchev–Trinajstić information content (AvgIpc) is 2.87. The zero-order chi connectivity index (χ0) is 8.39. The van der Waals surface area contributed by atoms with E-state index in [0.29, 0.717) is 0 Å². The Bertz CT molecular complexity index is 251. The third kappa shape index (κ3) is 2.53. The summed E-state index contributed by atoms with van der Waals surface area (Å²) in [5, 5.41) is 0. The highest BCUT2D eigenvalue weighted by atomic mass is 79.9. The van der Waals surface area contributed by atoms with E-state index < -0.39 is 0 Å². The molecule has 0 aromatic heterocycles. The van der Waals surface area contributed by atoms with Gasteiger partial charge in [0, 0.05) is 15.1 Å². The maximum atomic E-state index is 3.43. The first kappa shape index (κ1) is 8.64. The molecule has 0 spiro atoms. The largest absolute Gasteiger partial charge is 0.126 e. The number of hydrogen-bond acceptors (Lipinski definition) is 1. The van der Waals surface area contributed by atoms with Crippen LogP contribution in [-0.4, -0.2) is 5.75 Å². The quantitative estimate of drug-likeness (QED) is 0.724. The fraction of sp³-hybridized carbons (Fsp3) is 0.400. The standard InChI is InChI=1S/C10H11BrS/c11-9-3-5-10(6-4-9)12-7-8-1-2-8/h3-6,8H,1-2,7H2. The molecule has 0 saturated heterocycles. The predicted molar refractivity (Wildman–Crippen MR) is 57.6 cm³/mol. The summed E-state index contributed by atoms with van der Waals surface area (Å²) in [5.74, 6) is 2.32. The average molecular weight is 243 g/mol. The molecule has 0 radical (unpaired) electrons. The van der Waals surface area contributed by atoms with Crippen LogP contribution >= 0.6 is 27.7 Å². The van der Waals surface area contributed by atoms with E-state index in [1.807, 2.05) is 11.8 Å². The third-order valence-electron chi connectivity index (χ3n) is 2.00. The van der Waals surface area contributed by atoms with Crippen LogP contribution in [0.4, 0.5) is 0 Å². The molecule has 1 aliphatic carbocycles. The van der Waals surface area contributed by atoms with E-state index in [0.717, 1.165) is 5.92 Å². The van der Waals surface area contributed by atoms with Crippen molar-refractivity contribution >= 4 is 27.7 Å². The Morgan fingerprint density at radius 1 is 1.25 bits per heavy atom. The molecule has 0 bridgehead atoms. The summed E-state index contributed by atoms with van der Waals surface area (Å²) in [7, 11) is 0. The summed E-state index contributed by atoms with van der Waals surface area (Å²) in [5.41, 5.74) is 0. The van der Waals surface area contributed by atoms with Crippen LogP contribution in [0.25, 0.3) is 0 Å². The highest BCUT2D eigenvalue weighted by Gasteiger charge is 2.20. The van der Waals surface area contributed by atoms with Crippen LogP contribution in [0, 0.1) is 5.92 Å². The van der Waals surface area contributed by atoms with Crippen LogP contribution in [0.2, 0.25) is 0 Å². The van der Waals surface area contributed by atoms with Crippen LogP contribution in [-0.2, 0) is 0 Å². The summed E-state index contributed by atoms with van der Waals surface area (Å²) in [6.45, 7) is 0. The minimum Gasteiger partial charge on any atom is -0.126 e. The van der Waals surface area contributed by atoms with Gasteiger partial charge in [-0.2, -0.15) is 0 Å². The maximum absolute atomic E-state index is 3.43. The van der Waals surface area contributed by atoms with Crippen molar-refractivity contribution in [1.82, 2.24) is 0 Å². The summed E-state index contributed by atoms with van der Waals surface area (Å²) in [6, 6.07) is 8.57. The van der Waals surface area contributed by atoms with Crippen molar-refractivity contribution in [1.29, 1.82) is 0 Å². The van der Waals surface area contributed by atoms with E-state index in [1.54, 1.807) is 0 Å². The molecule has 0 aliphatic heterocycles. The van der Waals surface area contributed by atoms with Crippen molar-refractivity contribution < 1.29 is 0 Å². The first-order chi connectivity index (χ1) is 5.84. The van der Waals surface area contributed by atoms with Gasteiger partial charge in [0.25, 0.3) is 0 Å². The summed E-state index contributed by atoms with van der Waals surface area (Å²) in [4.78, 5) is 1.39. The number of benzene rings is 1. The molecular formula is C10H11BrS. The molecule has 0 unspecified atom stereocenters. The van der Waals surface area contributed by atoms with Crippen molar-refractivity contribution in [2.45, 2.75) is 17.7 Å². The van der Waals surface area contributed by atoms with E-state index in [2.05, 4.69) is 40.2 Å². The van der Waals surface area contributed by atoms with Crippen LogP contribution in [0.15, 0.2) is 33.6 Å². The second kappa shape index (κ2) is 3.84. The van der Waals surface area contributed by atoms with E-state index >= 15 is 0 Å². The van der Waals surface area contributed by atoms with Crippen LogP contribution in [0.5, 0.6) is 0 Å². The number of rotatable bonds is 3. The monoisotopic (exact) mass is 242 g/mol. The first-order valence-corrected chi connectivity index (χ1v) is 6.01. The van der Waals surface area contributed by atoms with Gasteiger partial charge in [0.2, 0.25) is 0 Å². The second-order valence-corrected chi connectivity index (χ2v) is 5.22. The lowest BCUT2D eigenvalue weighted by molar-refractivity contribution is 1.000. The minimum atomic E-state index is 1.01. The molecule has 0 N–H and O–H groups in total. The van der Waals surface area contributed by atoms with Gasteiger partial charge in [-0.15, -0.1) is 11.8 Å². The van der Waals surface area contributed by atoms with Gasteiger partial charge < -0.3 is 0 Å². The van der Waals surface area contributed by atoms with Gasteiger partial charge in [-0.25, -0.2) is 0 Å². The number of thioether (sulfide) groups is 1. The molecular weight excluding hydrogens is 232 g/mol.